The van der Waals surface area contributed by atoms with Crippen molar-refractivity contribution in [1.82, 2.24) is 0 Å². The molecule has 0 radical (unpaired) electrons. The van der Waals surface area contributed by atoms with Crippen LogP contribution in [0.15, 0.2) is 24.3 Å². The fourth-order valence-corrected chi connectivity index (χ4v) is 0.638. The van der Waals surface area contributed by atoms with Gasteiger partial charge in [0.1, 0.15) is 0 Å². The molecule has 10 heavy (non-hydrogen) atoms. The fourth-order valence-electron chi connectivity index (χ4n) is 0.638. The minimum atomic E-state index is -0.476. The van der Waals surface area contributed by atoms with Crippen LogP contribution in [0.2, 0.25) is 0 Å². The van der Waals surface area contributed by atoms with E-state index in [1.165, 1.54) is 12.1 Å². The van der Waals surface area contributed by atoms with Crippen molar-refractivity contribution in [2.24, 2.45) is 0 Å². The van der Waals surface area contributed by atoms with Gasteiger partial charge in [-0.25, -0.2) is 0 Å². The summed E-state index contributed by atoms with van der Waals surface area (Å²) in [6, 6.07) is 5.87. The summed E-state index contributed by atoms with van der Waals surface area (Å²) in [7, 11) is 0. The molecule has 4 heteroatoms. The second-order valence-electron chi connectivity index (χ2n) is 1.85. The molecule has 0 heterocycles. The second kappa shape index (κ2) is 2.34. The zero-order chi connectivity index (χ0) is 7.56. The number of nitro groups is 1. The molecule has 0 saturated carbocycles. The number of nitrogens with zero attached hydrogens (tertiary/aromatic N) is 1. The molecule has 0 amide bonds. The van der Waals surface area contributed by atoms with Crippen LogP contribution in [-0.2, 0) is 0 Å². The number of rotatable bonds is 1. The van der Waals surface area contributed by atoms with Gasteiger partial charge in [0.15, 0.2) is 0 Å². The highest BCUT2D eigenvalue weighted by Crippen LogP contribution is 2.13. The summed E-state index contributed by atoms with van der Waals surface area (Å²) >= 11 is 0. The lowest BCUT2D eigenvalue weighted by molar-refractivity contribution is -0.384. The van der Waals surface area contributed by atoms with Crippen molar-refractivity contribution >= 4 is 11.4 Å². The Balaban J connectivity index is 3.07. The van der Waals surface area contributed by atoms with Crippen LogP contribution in [0.4, 0.5) is 11.4 Å². The van der Waals surface area contributed by atoms with Crippen LogP contribution < -0.4 is 5.73 Å². The first-order chi connectivity index (χ1) is 4.70. The van der Waals surface area contributed by atoms with Gasteiger partial charge >= 0.3 is 0 Å². The molecule has 1 aromatic carbocycles. The number of non-ortho nitro benzene ring substituents is 1. The van der Waals surface area contributed by atoms with Gasteiger partial charge in [-0.15, -0.1) is 0 Å². The lowest BCUT2D eigenvalue weighted by Crippen LogP contribution is -1.89. The predicted molar refractivity (Wildman–Crippen MR) is 37.5 cm³/mol. The van der Waals surface area contributed by atoms with E-state index in [2.05, 4.69) is 0 Å². The summed E-state index contributed by atoms with van der Waals surface area (Å²) in [6.45, 7) is 0. The maximum absolute atomic E-state index is 10.1. The van der Waals surface area contributed by atoms with Gasteiger partial charge < -0.3 is 5.73 Å². The molecule has 0 unspecified atom stereocenters. The molecule has 0 saturated heterocycles. The SMILES string of the molecule is N[14c]1[14cH][14cH][14cH][14c]([N+](=O)[O-])[14cH]1. The molecule has 0 fully saturated rings. The van der Waals surface area contributed by atoms with Crippen LogP contribution in [0.25, 0.3) is 0 Å². The maximum atomic E-state index is 10.1. The van der Waals surface area contributed by atoms with Gasteiger partial charge in [-0.1, -0.05) is 6.07 Å². The van der Waals surface area contributed by atoms with Gasteiger partial charge in [0.2, 0.25) is 0 Å². The van der Waals surface area contributed by atoms with Crippen LogP contribution in [0.1, 0.15) is 0 Å². The molecule has 1 rings (SSSR count). The number of anilines is 1. The van der Waals surface area contributed by atoms with E-state index in [1.807, 2.05) is 0 Å². The minimum absolute atomic E-state index is 0.0278. The summed E-state index contributed by atoms with van der Waals surface area (Å²) < 4.78 is 0. The van der Waals surface area contributed by atoms with Crippen LogP contribution in [0.3, 0.4) is 0 Å². The monoisotopic (exact) mass is 150 g/mol. The number of nitrogen functional groups attached to an aromatic ring is 1. The third-order valence-electron chi connectivity index (χ3n) is 1.08. The van der Waals surface area contributed by atoms with Crippen molar-refractivity contribution in [3.05, 3.63) is 34.4 Å². The Bertz CT molecular complexity index is 260. The van der Waals surface area contributed by atoms with E-state index >= 15 is 0 Å². The molecule has 2 N–H and O–H groups in total. The number of hydrogen-bond donors (Lipinski definition) is 1. The van der Waals surface area contributed by atoms with Gasteiger partial charge in [0.05, 0.1) is 4.92 Å². The predicted octanol–water partition coefficient (Wildman–Crippen LogP) is 1.18. The van der Waals surface area contributed by atoms with Crippen LogP contribution >= 0.6 is 0 Å². The van der Waals surface area contributed by atoms with Crippen molar-refractivity contribution in [3.63, 3.8) is 0 Å². The van der Waals surface area contributed by atoms with Gasteiger partial charge in [0, 0.05) is 17.8 Å². The molecule has 0 spiro atoms. The average molecular weight is 150 g/mol. The van der Waals surface area contributed by atoms with E-state index in [4.69, 9.17) is 5.73 Å². The van der Waals surface area contributed by atoms with E-state index in [1.54, 1.807) is 12.1 Å². The highest BCUT2D eigenvalue weighted by Gasteiger charge is 2.02. The fraction of sp³-hybridized carbons (Fsp3) is 0. The molecule has 0 aliphatic heterocycles. The number of hydrogen-bond acceptors (Lipinski definition) is 3. The molecular formula is C6H6N2O2. The standard InChI is InChI=1S/C6H6N2O2/c7-5-2-1-3-6(4-5)8(9)10/h1-4H,7H2/i1+2,2+2,3+2,4+2,5+2,6+2. The molecule has 52 valence electrons. The third-order valence-corrected chi connectivity index (χ3v) is 1.08. The van der Waals surface area contributed by atoms with Crippen LogP contribution in [0.5, 0.6) is 0 Å². The minimum Gasteiger partial charge on any atom is -0.399 e. The highest BCUT2D eigenvalue weighted by molar-refractivity contribution is 5.46. The van der Waals surface area contributed by atoms with Crippen molar-refractivity contribution < 1.29 is 4.92 Å². The zero-order valence-corrected chi connectivity index (χ0v) is 5.15. The third kappa shape index (κ3) is 1.22. The molecule has 0 aliphatic rings. The molecule has 4 nitrogen and oxygen atoms in total. The van der Waals surface area contributed by atoms with E-state index in [9.17, 15) is 10.1 Å². The highest BCUT2D eigenvalue weighted by atomic mass is 16.7. The smallest absolute Gasteiger partial charge is 0.271 e. The quantitative estimate of drug-likeness (QED) is 0.371. The van der Waals surface area contributed by atoms with E-state index in [0.717, 1.165) is 0 Å². The first kappa shape index (κ1) is 6.54. The Morgan fingerprint density at radius 2 is 2.20 bits per heavy atom. The van der Waals surface area contributed by atoms with Gasteiger partial charge in [-0.3, -0.25) is 10.1 Å². The molecule has 0 aromatic heterocycles. The Morgan fingerprint density at radius 1 is 1.50 bits per heavy atom. The van der Waals surface area contributed by atoms with Crippen LogP contribution in [0, 0.1) is 10.1 Å². The van der Waals surface area contributed by atoms with Crippen LogP contribution in [-0.4, -0.2) is 4.92 Å². The first-order valence-corrected chi connectivity index (χ1v) is 2.70. The largest absolute Gasteiger partial charge is 0.399 e. The van der Waals surface area contributed by atoms with Gasteiger partial charge in [-0.05, 0) is 6.07 Å². The zero-order valence-electron chi connectivity index (χ0n) is 5.15. The van der Waals surface area contributed by atoms with Crippen molar-refractivity contribution in [2.45, 2.75) is 0 Å². The maximum Gasteiger partial charge on any atom is 0.271 e. The summed E-state index contributed by atoms with van der Waals surface area (Å²) in [5.41, 5.74) is 5.73. The second-order valence-corrected chi connectivity index (χ2v) is 1.85. The van der Waals surface area contributed by atoms with Crippen molar-refractivity contribution in [2.75, 3.05) is 5.73 Å². The van der Waals surface area contributed by atoms with E-state index in [0.29, 0.717) is 5.69 Å². The number of nitrogens with two attached hydrogens (primary N) is 1. The van der Waals surface area contributed by atoms with E-state index < -0.39 is 4.92 Å². The summed E-state index contributed by atoms with van der Waals surface area (Å²) in [6.07, 6.45) is 0. The molecule has 1 aromatic rings. The van der Waals surface area contributed by atoms with Crippen molar-refractivity contribution in [3.8, 4) is 0 Å². The summed E-state index contributed by atoms with van der Waals surface area (Å²) in [5, 5.41) is 10.1. The molecular weight excluding hydrogens is 144 g/mol. The van der Waals surface area contributed by atoms with E-state index in [-0.39, 0.29) is 5.69 Å². The summed E-state index contributed by atoms with van der Waals surface area (Å²) in [4.78, 5) is 9.63. The topological polar surface area (TPSA) is 69.2 Å². The lowest BCUT2D eigenvalue weighted by Gasteiger charge is -1.90. The number of nitro benzene ring substituents is 1. The van der Waals surface area contributed by atoms with Gasteiger partial charge in [-0.2, -0.15) is 0 Å². The molecule has 0 aliphatic carbocycles. The van der Waals surface area contributed by atoms with Gasteiger partial charge in [0.25, 0.3) is 5.69 Å². The normalized spacial score (nSPS) is 9.20. The number of benzene rings is 1. The Hall–Kier alpha value is -1.58. The Morgan fingerprint density at radius 3 is 2.60 bits per heavy atom. The first-order valence-electron chi connectivity index (χ1n) is 2.70. The van der Waals surface area contributed by atoms with Crippen molar-refractivity contribution in [1.29, 1.82) is 0 Å². The Kier molecular flexibility index (Phi) is 1.53. The lowest BCUT2D eigenvalue weighted by atomic mass is 12.1. The molecule has 0 bridgehead atoms. The Labute approximate surface area is 57.4 Å². The molecule has 0 atom stereocenters. The summed E-state index contributed by atoms with van der Waals surface area (Å²) in [5.74, 6) is 0. The average Bonchev–Trinajstić information content (AvgIpc) is 1.88.